The van der Waals surface area contributed by atoms with Crippen LogP contribution in [0.5, 0.6) is 0 Å². The monoisotopic (exact) mass is 254 g/mol. The second kappa shape index (κ2) is 6.00. The number of aliphatic imine (C=N–C) groups is 1. The lowest BCUT2D eigenvalue weighted by atomic mass is 10.1. The van der Waals surface area contributed by atoms with Crippen LogP contribution in [-0.2, 0) is 13.0 Å². The van der Waals surface area contributed by atoms with Crippen molar-refractivity contribution >= 4 is 17.3 Å². The molecule has 0 radical (unpaired) electrons. The number of rotatable bonds is 3. The standard InChI is InChI=1S/C12H22N4S/c1-6-10-15-9(8-17-10)7-14-11(13-5)16-12(2,3)4/h8H,6-7H2,1-5H3,(H2,13,14,16). The molecule has 0 saturated heterocycles. The molecule has 0 unspecified atom stereocenters. The number of hydrogen-bond donors (Lipinski definition) is 2. The minimum Gasteiger partial charge on any atom is -0.352 e. The van der Waals surface area contributed by atoms with Gasteiger partial charge < -0.3 is 10.6 Å². The van der Waals surface area contributed by atoms with E-state index < -0.39 is 0 Å². The van der Waals surface area contributed by atoms with Gasteiger partial charge in [0.1, 0.15) is 0 Å². The molecule has 0 aliphatic carbocycles. The molecule has 1 heterocycles. The summed E-state index contributed by atoms with van der Waals surface area (Å²) in [4.78, 5) is 8.69. The molecule has 0 aliphatic rings. The molecule has 96 valence electrons. The Morgan fingerprint density at radius 3 is 2.65 bits per heavy atom. The van der Waals surface area contributed by atoms with E-state index in [1.54, 1.807) is 18.4 Å². The highest BCUT2D eigenvalue weighted by atomic mass is 32.1. The molecule has 0 aromatic carbocycles. The molecule has 0 aliphatic heterocycles. The fourth-order valence-corrected chi connectivity index (χ4v) is 2.05. The van der Waals surface area contributed by atoms with Crippen molar-refractivity contribution in [2.45, 2.75) is 46.2 Å². The van der Waals surface area contributed by atoms with E-state index >= 15 is 0 Å². The molecular weight excluding hydrogens is 232 g/mol. The summed E-state index contributed by atoms with van der Waals surface area (Å²) in [5.41, 5.74) is 1.09. The molecule has 1 aromatic rings. The van der Waals surface area contributed by atoms with Crippen LogP contribution in [-0.4, -0.2) is 23.5 Å². The van der Waals surface area contributed by atoms with Gasteiger partial charge in [-0.3, -0.25) is 4.99 Å². The van der Waals surface area contributed by atoms with Gasteiger partial charge in [0, 0.05) is 18.0 Å². The fraction of sp³-hybridized carbons (Fsp3) is 0.667. The quantitative estimate of drug-likeness (QED) is 0.642. The third kappa shape index (κ3) is 5.17. The Hall–Kier alpha value is -1.10. The highest BCUT2D eigenvalue weighted by molar-refractivity contribution is 7.09. The summed E-state index contributed by atoms with van der Waals surface area (Å²) in [6.07, 6.45) is 1.000. The van der Waals surface area contributed by atoms with Gasteiger partial charge in [0.15, 0.2) is 5.96 Å². The molecule has 0 atom stereocenters. The summed E-state index contributed by atoms with van der Waals surface area (Å²) in [7, 11) is 1.78. The molecular formula is C12H22N4S. The van der Waals surface area contributed by atoms with Crippen molar-refractivity contribution in [2.24, 2.45) is 4.99 Å². The molecule has 0 fully saturated rings. The minimum atomic E-state index is 0.0124. The van der Waals surface area contributed by atoms with Crippen molar-refractivity contribution in [1.82, 2.24) is 15.6 Å². The molecule has 1 rings (SSSR count). The van der Waals surface area contributed by atoms with Crippen molar-refractivity contribution in [2.75, 3.05) is 7.05 Å². The topological polar surface area (TPSA) is 49.3 Å². The third-order valence-electron chi connectivity index (χ3n) is 2.06. The van der Waals surface area contributed by atoms with Crippen molar-refractivity contribution in [1.29, 1.82) is 0 Å². The number of thiazole rings is 1. The van der Waals surface area contributed by atoms with Crippen molar-refractivity contribution < 1.29 is 0 Å². The number of guanidine groups is 1. The highest BCUT2D eigenvalue weighted by Gasteiger charge is 2.11. The number of nitrogens with zero attached hydrogens (tertiary/aromatic N) is 2. The first kappa shape index (κ1) is 14.0. The van der Waals surface area contributed by atoms with Gasteiger partial charge in [-0.15, -0.1) is 11.3 Å². The lowest BCUT2D eigenvalue weighted by molar-refractivity contribution is 0.501. The van der Waals surface area contributed by atoms with Crippen molar-refractivity contribution in [3.05, 3.63) is 16.1 Å². The largest absolute Gasteiger partial charge is 0.352 e. The van der Waals surface area contributed by atoms with E-state index in [-0.39, 0.29) is 5.54 Å². The van der Waals surface area contributed by atoms with Crippen molar-refractivity contribution in [3.63, 3.8) is 0 Å². The Kier molecular flexibility index (Phi) is 4.93. The highest BCUT2D eigenvalue weighted by Crippen LogP contribution is 2.09. The maximum absolute atomic E-state index is 4.50. The van der Waals surface area contributed by atoms with Crippen LogP contribution in [0.4, 0.5) is 0 Å². The van der Waals surface area contributed by atoms with Crippen LogP contribution in [0.15, 0.2) is 10.4 Å². The lowest BCUT2D eigenvalue weighted by Gasteiger charge is -2.23. The number of nitrogens with one attached hydrogen (secondary N) is 2. The second-order valence-electron chi connectivity index (χ2n) is 4.89. The van der Waals surface area contributed by atoms with Crippen LogP contribution in [0.3, 0.4) is 0 Å². The Morgan fingerprint density at radius 1 is 1.47 bits per heavy atom. The SMILES string of the molecule is CCc1nc(CNC(=NC)NC(C)(C)C)cs1. The first-order chi connectivity index (χ1) is 7.94. The van der Waals surface area contributed by atoms with E-state index in [0.29, 0.717) is 6.54 Å². The second-order valence-corrected chi connectivity index (χ2v) is 5.83. The van der Waals surface area contributed by atoms with E-state index in [2.05, 4.69) is 53.7 Å². The normalized spacial score (nSPS) is 12.6. The predicted octanol–water partition coefficient (Wildman–Crippen LogP) is 2.17. The molecule has 0 bridgehead atoms. The maximum atomic E-state index is 4.50. The Morgan fingerprint density at radius 2 is 2.18 bits per heavy atom. The zero-order chi connectivity index (χ0) is 12.9. The summed E-state index contributed by atoms with van der Waals surface area (Å²) < 4.78 is 0. The van der Waals surface area contributed by atoms with E-state index in [1.807, 2.05) is 0 Å². The molecule has 1 aromatic heterocycles. The maximum Gasteiger partial charge on any atom is 0.191 e. The van der Waals surface area contributed by atoms with Gasteiger partial charge in [-0.25, -0.2) is 4.98 Å². The summed E-state index contributed by atoms with van der Waals surface area (Å²) in [6, 6.07) is 0. The van der Waals surface area contributed by atoms with Crippen molar-refractivity contribution in [3.8, 4) is 0 Å². The molecule has 0 amide bonds. The van der Waals surface area contributed by atoms with E-state index in [9.17, 15) is 0 Å². The lowest BCUT2D eigenvalue weighted by Crippen LogP contribution is -2.47. The Bertz CT molecular complexity index is 376. The molecule has 0 saturated carbocycles. The Labute approximate surface area is 108 Å². The van der Waals surface area contributed by atoms with Gasteiger partial charge in [-0.05, 0) is 27.2 Å². The zero-order valence-corrected chi connectivity index (χ0v) is 12.1. The van der Waals surface area contributed by atoms with Crippen LogP contribution >= 0.6 is 11.3 Å². The smallest absolute Gasteiger partial charge is 0.191 e. The summed E-state index contributed by atoms with van der Waals surface area (Å²) in [5.74, 6) is 0.809. The van der Waals surface area contributed by atoms with E-state index in [1.165, 1.54) is 5.01 Å². The average molecular weight is 254 g/mol. The zero-order valence-electron chi connectivity index (χ0n) is 11.3. The summed E-state index contributed by atoms with van der Waals surface area (Å²) >= 11 is 1.71. The molecule has 0 spiro atoms. The molecule has 4 nitrogen and oxygen atoms in total. The number of aryl methyl sites for hydroxylation is 1. The van der Waals surface area contributed by atoms with Gasteiger partial charge in [-0.2, -0.15) is 0 Å². The van der Waals surface area contributed by atoms with E-state index in [4.69, 9.17) is 0 Å². The molecule has 2 N–H and O–H groups in total. The van der Waals surface area contributed by atoms with Gasteiger partial charge in [0.25, 0.3) is 0 Å². The number of aromatic nitrogens is 1. The summed E-state index contributed by atoms with van der Waals surface area (Å²) in [5, 5.41) is 9.85. The van der Waals surface area contributed by atoms with E-state index in [0.717, 1.165) is 18.1 Å². The van der Waals surface area contributed by atoms with Gasteiger partial charge in [-0.1, -0.05) is 6.92 Å². The molecule has 5 heteroatoms. The predicted molar refractivity (Wildman–Crippen MR) is 74.6 cm³/mol. The van der Waals surface area contributed by atoms with Gasteiger partial charge >= 0.3 is 0 Å². The van der Waals surface area contributed by atoms with Gasteiger partial charge in [0.05, 0.1) is 17.2 Å². The third-order valence-corrected chi connectivity index (χ3v) is 3.10. The Balaban J connectivity index is 2.48. The van der Waals surface area contributed by atoms with Crippen LogP contribution < -0.4 is 10.6 Å². The summed E-state index contributed by atoms with van der Waals surface area (Å²) in [6.45, 7) is 9.16. The van der Waals surface area contributed by atoms with Gasteiger partial charge in [0.2, 0.25) is 0 Å². The van der Waals surface area contributed by atoms with Crippen LogP contribution in [0.25, 0.3) is 0 Å². The fourth-order valence-electron chi connectivity index (χ4n) is 1.30. The average Bonchev–Trinajstić information content (AvgIpc) is 2.70. The van der Waals surface area contributed by atoms with Crippen LogP contribution in [0, 0.1) is 0 Å². The first-order valence-corrected chi connectivity index (χ1v) is 6.74. The molecule has 17 heavy (non-hydrogen) atoms. The van der Waals surface area contributed by atoms with Crippen LogP contribution in [0.1, 0.15) is 38.4 Å². The first-order valence-electron chi connectivity index (χ1n) is 5.86. The number of hydrogen-bond acceptors (Lipinski definition) is 3. The van der Waals surface area contributed by atoms with Crippen LogP contribution in [0.2, 0.25) is 0 Å². The minimum absolute atomic E-state index is 0.0124.